The van der Waals surface area contributed by atoms with Crippen molar-refractivity contribution in [3.8, 4) is 0 Å². The minimum absolute atomic E-state index is 0.177. The first-order valence-electron chi connectivity index (χ1n) is 8.77. The van der Waals surface area contributed by atoms with E-state index in [2.05, 4.69) is 5.32 Å². The van der Waals surface area contributed by atoms with Gasteiger partial charge in [0.25, 0.3) is 0 Å². The summed E-state index contributed by atoms with van der Waals surface area (Å²) in [6, 6.07) is 13.5. The first-order chi connectivity index (χ1) is 12.1. The van der Waals surface area contributed by atoms with Crippen molar-refractivity contribution >= 4 is 34.2 Å². The monoisotopic (exact) mass is 336 g/mol. The van der Waals surface area contributed by atoms with Crippen LogP contribution in [0.5, 0.6) is 0 Å². The molecule has 0 bridgehead atoms. The number of nitrogens with one attached hydrogen (secondary N) is 1. The van der Waals surface area contributed by atoms with Gasteiger partial charge in [0.2, 0.25) is 17.7 Å². The number of hydrogen-bond donors (Lipinski definition) is 1. The van der Waals surface area contributed by atoms with Gasteiger partial charge in [0.05, 0.1) is 11.8 Å². The zero-order valence-corrected chi connectivity index (χ0v) is 13.9. The Morgan fingerprint density at radius 3 is 2.28 bits per heavy atom. The van der Waals surface area contributed by atoms with E-state index in [4.69, 9.17) is 0 Å². The third-order valence-corrected chi connectivity index (χ3v) is 5.27. The smallest absolute Gasteiger partial charge is 0.244 e. The first kappa shape index (κ1) is 15.8. The summed E-state index contributed by atoms with van der Waals surface area (Å²) < 4.78 is 0. The number of imide groups is 1. The van der Waals surface area contributed by atoms with Crippen LogP contribution in [0.15, 0.2) is 42.5 Å². The van der Waals surface area contributed by atoms with Crippen molar-refractivity contribution in [3.63, 3.8) is 0 Å². The highest BCUT2D eigenvalue weighted by atomic mass is 16.2. The molecule has 2 aromatic rings. The molecule has 0 radical (unpaired) electrons. The number of nitrogens with zero attached hydrogens (tertiary/aromatic N) is 1. The van der Waals surface area contributed by atoms with E-state index < -0.39 is 0 Å². The lowest BCUT2D eigenvalue weighted by atomic mass is 9.81. The van der Waals surface area contributed by atoms with E-state index >= 15 is 0 Å². The molecule has 2 fully saturated rings. The third-order valence-electron chi connectivity index (χ3n) is 5.27. The summed E-state index contributed by atoms with van der Waals surface area (Å²) in [7, 11) is 0. The van der Waals surface area contributed by atoms with Gasteiger partial charge in [-0.3, -0.25) is 19.3 Å². The molecule has 5 heteroatoms. The minimum atomic E-state index is -0.337. The SMILES string of the molecule is O=C(CN1C(=O)C2CCCCC2C1=O)Nc1ccc2ccccc2c1. The van der Waals surface area contributed by atoms with E-state index in [0.29, 0.717) is 5.69 Å². The fourth-order valence-corrected chi connectivity index (χ4v) is 4.00. The predicted octanol–water partition coefficient (Wildman–Crippen LogP) is 2.95. The molecule has 1 aliphatic heterocycles. The van der Waals surface area contributed by atoms with Crippen molar-refractivity contribution in [2.45, 2.75) is 25.7 Å². The normalized spacial score (nSPS) is 23.0. The molecule has 2 aromatic carbocycles. The molecule has 0 spiro atoms. The van der Waals surface area contributed by atoms with Crippen molar-refractivity contribution in [3.05, 3.63) is 42.5 Å². The number of carbonyl (C=O) groups excluding carboxylic acids is 3. The average molecular weight is 336 g/mol. The van der Waals surface area contributed by atoms with E-state index in [1.807, 2.05) is 42.5 Å². The number of benzene rings is 2. The zero-order chi connectivity index (χ0) is 17.4. The van der Waals surface area contributed by atoms with Crippen LogP contribution in [-0.2, 0) is 14.4 Å². The van der Waals surface area contributed by atoms with Gasteiger partial charge in [-0.1, -0.05) is 43.2 Å². The maximum Gasteiger partial charge on any atom is 0.244 e. The molecule has 1 N–H and O–H groups in total. The maximum atomic E-state index is 12.4. The Morgan fingerprint density at radius 1 is 0.960 bits per heavy atom. The number of fused-ring (bicyclic) bond motifs is 2. The van der Waals surface area contributed by atoms with E-state index in [1.54, 1.807) is 0 Å². The predicted molar refractivity (Wildman–Crippen MR) is 94.7 cm³/mol. The summed E-state index contributed by atoms with van der Waals surface area (Å²) in [5.41, 5.74) is 0.667. The van der Waals surface area contributed by atoms with Crippen LogP contribution < -0.4 is 5.32 Å². The van der Waals surface area contributed by atoms with Crippen LogP contribution in [0.25, 0.3) is 10.8 Å². The van der Waals surface area contributed by atoms with E-state index in [-0.39, 0.29) is 36.1 Å². The fourth-order valence-electron chi connectivity index (χ4n) is 4.00. The largest absolute Gasteiger partial charge is 0.325 e. The summed E-state index contributed by atoms with van der Waals surface area (Å²) in [6.07, 6.45) is 3.49. The molecule has 5 nitrogen and oxygen atoms in total. The topological polar surface area (TPSA) is 66.5 Å². The van der Waals surface area contributed by atoms with Crippen LogP contribution in [0.4, 0.5) is 5.69 Å². The van der Waals surface area contributed by atoms with Crippen molar-refractivity contribution in [1.82, 2.24) is 4.90 Å². The Kier molecular flexibility index (Phi) is 3.99. The molecule has 2 atom stereocenters. The molecular weight excluding hydrogens is 316 g/mol. The standard InChI is InChI=1S/C20H20N2O3/c23-18(21-15-10-9-13-5-1-2-6-14(13)11-15)12-22-19(24)16-7-3-4-8-17(16)20(22)25/h1-2,5-6,9-11,16-17H,3-4,7-8,12H2,(H,21,23). The van der Waals surface area contributed by atoms with Gasteiger partial charge in [-0.05, 0) is 35.7 Å². The molecule has 1 heterocycles. The summed E-state index contributed by atoms with van der Waals surface area (Å²) in [6.45, 7) is -0.197. The maximum absolute atomic E-state index is 12.4. The summed E-state index contributed by atoms with van der Waals surface area (Å²) >= 11 is 0. The van der Waals surface area contributed by atoms with Gasteiger partial charge in [-0.15, -0.1) is 0 Å². The van der Waals surface area contributed by atoms with Crippen LogP contribution in [-0.4, -0.2) is 29.2 Å². The molecule has 128 valence electrons. The lowest BCUT2D eigenvalue weighted by molar-refractivity contribution is -0.142. The second kappa shape index (κ2) is 6.31. The molecule has 2 aliphatic rings. The van der Waals surface area contributed by atoms with Gasteiger partial charge in [0.1, 0.15) is 6.54 Å². The molecule has 1 saturated heterocycles. The summed E-state index contributed by atoms with van der Waals surface area (Å²) in [5.74, 6) is -1.12. The molecular formula is C20H20N2O3. The number of amides is 3. The van der Waals surface area contributed by atoms with Crippen LogP contribution in [0.2, 0.25) is 0 Å². The molecule has 1 aliphatic carbocycles. The molecule has 1 saturated carbocycles. The third kappa shape index (κ3) is 2.90. The zero-order valence-electron chi connectivity index (χ0n) is 13.9. The highest BCUT2D eigenvalue weighted by Gasteiger charge is 2.48. The van der Waals surface area contributed by atoms with Crippen molar-refractivity contribution < 1.29 is 14.4 Å². The summed E-state index contributed by atoms with van der Waals surface area (Å²) in [5, 5.41) is 4.92. The van der Waals surface area contributed by atoms with Crippen molar-refractivity contribution in [2.24, 2.45) is 11.8 Å². The Labute approximate surface area is 146 Å². The van der Waals surface area contributed by atoms with E-state index in [1.165, 1.54) is 0 Å². The molecule has 2 unspecified atom stereocenters. The number of hydrogen-bond acceptors (Lipinski definition) is 3. The van der Waals surface area contributed by atoms with Crippen LogP contribution in [0.3, 0.4) is 0 Å². The van der Waals surface area contributed by atoms with Gasteiger partial charge in [-0.2, -0.15) is 0 Å². The van der Waals surface area contributed by atoms with Crippen molar-refractivity contribution in [2.75, 3.05) is 11.9 Å². The fraction of sp³-hybridized carbons (Fsp3) is 0.350. The van der Waals surface area contributed by atoms with Crippen LogP contribution in [0.1, 0.15) is 25.7 Å². The highest BCUT2D eigenvalue weighted by molar-refractivity contribution is 6.08. The van der Waals surface area contributed by atoms with Crippen LogP contribution >= 0.6 is 0 Å². The quantitative estimate of drug-likeness (QED) is 0.876. The summed E-state index contributed by atoms with van der Waals surface area (Å²) in [4.78, 5) is 38.4. The van der Waals surface area contributed by atoms with Gasteiger partial charge >= 0.3 is 0 Å². The van der Waals surface area contributed by atoms with Gasteiger partial charge in [-0.25, -0.2) is 0 Å². The van der Waals surface area contributed by atoms with E-state index in [0.717, 1.165) is 41.4 Å². The first-order valence-corrected chi connectivity index (χ1v) is 8.77. The van der Waals surface area contributed by atoms with Gasteiger partial charge in [0.15, 0.2) is 0 Å². The molecule has 0 aromatic heterocycles. The van der Waals surface area contributed by atoms with Crippen LogP contribution in [0, 0.1) is 11.8 Å². The van der Waals surface area contributed by atoms with Crippen molar-refractivity contribution in [1.29, 1.82) is 0 Å². The number of anilines is 1. The molecule has 3 amide bonds. The lowest BCUT2D eigenvalue weighted by Crippen LogP contribution is -2.38. The lowest BCUT2D eigenvalue weighted by Gasteiger charge is -2.19. The van der Waals surface area contributed by atoms with E-state index in [9.17, 15) is 14.4 Å². The molecule has 4 rings (SSSR count). The number of likely N-dealkylation sites (tertiary alicyclic amines) is 1. The van der Waals surface area contributed by atoms with Gasteiger partial charge in [0, 0.05) is 5.69 Å². The number of carbonyl (C=O) groups is 3. The highest BCUT2D eigenvalue weighted by Crippen LogP contribution is 2.37. The second-order valence-corrected chi connectivity index (χ2v) is 6.87. The average Bonchev–Trinajstić information content (AvgIpc) is 2.87. The Morgan fingerprint density at radius 2 is 1.60 bits per heavy atom. The van der Waals surface area contributed by atoms with Gasteiger partial charge < -0.3 is 5.32 Å². The Balaban J connectivity index is 1.46. The number of rotatable bonds is 3. The Bertz CT molecular complexity index is 837. The second-order valence-electron chi connectivity index (χ2n) is 6.87. The minimum Gasteiger partial charge on any atom is -0.325 e. The Hall–Kier alpha value is -2.69. The molecule has 25 heavy (non-hydrogen) atoms.